The summed E-state index contributed by atoms with van der Waals surface area (Å²) in [6.07, 6.45) is 3.52. The van der Waals surface area contributed by atoms with E-state index in [1.807, 2.05) is 18.2 Å². The minimum absolute atomic E-state index is 0.364. The van der Waals surface area contributed by atoms with Crippen molar-refractivity contribution in [3.63, 3.8) is 0 Å². The topological polar surface area (TPSA) is 78.9 Å². The van der Waals surface area contributed by atoms with Crippen LogP contribution < -0.4 is 4.90 Å². The second kappa shape index (κ2) is 8.52. The number of piperazine rings is 1. The summed E-state index contributed by atoms with van der Waals surface area (Å²) < 4.78 is 32.5. The number of nitrogens with zero attached hydrogens (tertiary/aromatic N) is 5. The number of sulfonamides is 1. The van der Waals surface area contributed by atoms with Gasteiger partial charge in [0.2, 0.25) is 16.0 Å². The van der Waals surface area contributed by atoms with E-state index in [-0.39, 0.29) is 0 Å². The van der Waals surface area contributed by atoms with E-state index in [0.29, 0.717) is 31.2 Å². The average Bonchev–Trinajstić information content (AvgIpc) is 2.76. The number of rotatable bonds is 5. The number of ether oxygens (including phenoxy) is 1. The molecule has 9 heteroatoms. The quantitative estimate of drug-likeness (QED) is 0.731. The first kappa shape index (κ1) is 19.3. The van der Waals surface area contributed by atoms with Gasteiger partial charge in [0.25, 0.3) is 0 Å². The molecule has 3 heterocycles. The van der Waals surface area contributed by atoms with Crippen LogP contribution in [0.5, 0.6) is 0 Å². The molecular weight excluding hydrogens is 378 g/mol. The zero-order valence-electron chi connectivity index (χ0n) is 15.8. The highest BCUT2D eigenvalue weighted by Crippen LogP contribution is 2.20. The highest BCUT2D eigenvalue weighted by atomic mass is 32.2. The Morgan fingerprint density at radius 1 is 0.929 bits per heavy atom. The molecule has 0 atom stereocenters. The Labute approximate surface area is 165 Å². The Morgan fingerprint density at radius 2 is 1.64 bits per heavy atom. The third kappa shape index (κ3) is 4.33. The van der Waals surface area contributed by atoms with E-state index in [0.717, 1.165) is 44.2 Å². The van der Waals surface area contributed by atoms with Crippen molar-refractivity contribution in [1.29, 1.82) is 0 Å². The van der Waals surface area contributed by atoms with Gasteiger partial charge in [-0.05, 0) is 23.8 Å². The summed E-state index contributed by atoms with van der Waals surface area (Å²) in [4.78, 5) is 13.5. The second-order valence-corrected chi connectivity index (χ2v) is 8.91. The van der Waals surface area contributed by atoms with Gasteiger partial charge in [0.15, 0.2) is 0 Å². The second-order valence-electron chi connectivity index (χ2n) is 6.98. The van der Waals surface area contributed by atoms with Gasteiger partial charge in [-0.15, -0.1) is 0 Å². The fourth-order valence-corrected chi connectivity index (χ4v) is 5.04. The lowest BCUT2D eigenvalue weighted by molar-refractivity contribution is 0.0730. The predicted molar refractivity (Wildman–Crippen MR) is 106 cm³/mol. The van der Waals surface area contributed by atoms with E-state index < -0.39 is 10.0 Å². The van der Waals surface area contributed by atoms with Gasteiger partial charge in [-0.3, -0.25) is 4.90 Å². The van der Waals surface area contributed by atoms with Crippen molar-refractivity contribution in [2.75, 3.05) is 57.4 Å². The van der Waals surface area contributed by atoms with E-state index in [4.69, 9.17) is 4.74 Å². The van der Waals surface area contributed by atoms with E-state index >= 15 is 0 Å². The molecule has 1 aromatic carbocycles. The van der Waals surface area contributed by atoms with Crippen LogP contribution in [0.15, 0.2) is 47.6 Å². The molecule has 2 aliphatic heterocycles. The summed E-state index contributed by atoms with van der Waals surface area (Å²) in [6, 6.07) is 9.12. The Morgan fingerprint density at radius 3 is 2.36 bits per heavy atom. The van der Waals surface area contributed by atoms with E-state index in [9.17, 15) is 8.42 Å². The molecular formula is C19H25N5O3S. The largest absolute Gasteiger partial charge is 0.379 e. The van der Waals surface area contributed by atoms with Gasteiger partial charge in [-0.1, -0.05) is 12.1 Å². The van der Waals surface area contributed by atoms with Crippen LogP contribution in [0.25, 0.3) is 0 Å². The van der Waals surface area contributed by atoms with Crippen LogP contribution in [0.1, 0.15) is 5.56 Å². The summed E-state index contributed by atoms with van der Waals surface area (Å²) in [5.41, 5.74) is 1.01. The third-order valence-corrected chi connectivity index (χ3v) is 7.01. The van der Waals surface area contributed by atoms with Gasteiger partial charge in [0.05, 0.1) is 18.1 Å². The van der Waals surface area contributed by atoms with Crippen LogP contribution in [0, 0.1) is 0 Å². The van der Waals surface area contributed by atoms with Crippen LogP contribution in [0.3, 0.4) is 0 Å². The Balaban J connectivity index is 1.39. The lowest BCUT2D eigenvalue weighted by Gasteiger charge is -2.34. The molecule has 1 aromatic heterocycles. The van der Waals surface area contributed by atoms with Crippen LogP contribution >= 0.6 is 0 Å². The van der Waals surface area contributed by atoms with E-state index in [1.165, 1.54) is 4.31 Å². The van der Waals surface area contributed by atoms with Gasteiger partial charge in [0.1, 0.15) is 0 Å². The van der Waals surface area contributed by atoms with Gasteiger partial charge in [-0.2, -0.15) is 4.31 Å². The smallest absolute Gasteiger partial charge is 0.243 e. The Bertz CT molecular complexity index is 879. The molecule has 2 aliphatic rings. The first-order valence-electron chi connectivity index (χ1n) is 9.54. The molecule has 2 saturated heterocycles. The molecule has 0 unspecified atom stereocenters. The number of hydrogen-bond acceptors (Lipinski definition) is 7. The zero-order chi connectivity index (χ0) is 19.4. The molecule has 2 aromatic rings. The molecule has 0 spiro atoms. The number of morpholine rings is 1. The van der Waals surface area contributed by atoms with Crippen molar-refractivity contribution in [3.8, 4) is 0 Å². The number of benzene rings is 1. The third-order valence-electron chi connectivity index (χ3n) is 5.12. The minimum Gasteiger partial charge on any atom is -0.379 e. The molecule has 150 valence electrons. The number of hydrogen-bond donors (Lipinski definition) is 0. The fourth-order valence-electron chi connectivity index (χ4n) is 3.56. The van der Waals surface area contributed by atoms with Gasteiger partial charge in [0, 0.05) is 58.2 Å². The molecule has 0 N–H and O–H groups in total. The molecule has 0 bridgehead atoms. The van der Waals surface area contributed by atoms with Crippen LogP contribution in [-0.4, -0.2) is 80.1 Å². The summed E-state index contributed by atoms with van der Waals surface area (Å²) in [7, 11) is -3.46. The van der Waals surface area contributed by atoms with Crippen molar-refractivity contribution >= 4 is 16.0 Å². The first-order valence-corrected chi connectivity index (χ1v) is 11.0. The zero-order valence-corrected chi connectivity index (χ0v) is 16.6. The minimum atomic E-state index is -3.46. The summed E-state index contributed by atoms with van der Waals surface area (Å²) in [5, 5.41) is 0. The van der Waals surface area contributed by atoms with Gasteiger partial charge >= 0.3 is 0 Å². The Hall–Kier alpha value is -2.07. The lowest BCUT2D eigenvalue weighted by atomic mass is 10.2. The van der Waals surface area contributed by atoms with Crippen LogP contribution in [0.4, 0.5) is 5.95 Å². The fraction of sp³-hybridized carbons (Fsp3) is 0.474. The predicted octanol–water partition coefficient (Wildman–Crippen LogP) is 0.820. The summed E-state index contributed by atoms with van der Waals surface area (Å²) in [5.74, 6) is 0.765. The van der Waals surface area contributed by atoms with Crippen molar-refractivity contribution in [2.24, 2.45) is 0 Å². The SMILES string of the molecule is O=S(=O)(c1cccc(CN2CCN(c3ncccn3)CC2)c1)N1CCOCC1. The maximum Gasteiger partial charge on any atom is 0.243 e. The van der Waals surface area contributed by atoms with Crippen molar-refractivity contribution in [1.82, 2.24) is 19.2 Å². The maximum atomic E-state index is 12.9. The van der Waals surface area contributed by atoms with Crippen molar-refractivity contribution in [2.45, 2.75) is 11.4 Å². The van der Waals surface area contributed by atoms with E-state index in [2.05, 4.69) is 19.8 Å². The van der Waals surface area contributed by atoms with Gasteiger partial charge in [-0.25, -0.2) is 18.4 Å². The van der Waals surface area contributed by atoms with Gasteiger partial charge < -0.3 is 9.64 Å². The highest BCUT2D eigenvalue weighted by Gasteiger charge is 2.26. The van der Waals surface area contributed by atoms with Crippen LogP contribution in [-0.2, 0) is 21.3 Å². The molecule has 0 radical (unpaired) electrons. The number of aromatic nitrogens is 2. The van der Waals surface area contributed by atoms with Crippen molar-refractivity contribution < 1.29 is 13.2 Å². The van der Waals surface area contributed by atoms with Crippen LogP contribution in [0.2, 0.25) is 0 Å². The monoisotopic (exact) mass is 403 g/mol. The van der Waals surface area contributed by atoms with E-state index in [1.54, 1.807) is 24.5 Å². The molecule has 8 nitrogen and oxygen atoms in total. The molecule has 0 aliphatic carbocycles. The summed E-state index contributed by atoms with van der Waals surface area (Å²) >= 11 is 0. The molecule has 4 rings (SSSR count). The summed E-state index contributed by atoms with van der Waals surface area (Å²) in [6.45, 7) is 5.95. The molecule has 2 fully saturated rings. The molecule has 0 saturated carbocycles. The highest BCUT2D eigenvalue weighted by molar-refractivity contribution is 7.89. The first-order chi connectivity index (χ1) is 13.6. The lowest BCUT2D eigenvalue weighted by Crippen LogP contribution is -2.46. The standard InChI is InChI=1S/C19H25N5O3S/c25-28(26,24-11-13-27-14-12-24)18-4-1-3-17(15-18)16-22-7-9-23(10-8-22)19-20-5-2-6-21-19/h1-6,15H,7-14,16H2. The number of anilines is 1. The van der Waals surface area contributed by atoms with Crippen molar-refractivity contribution in [3.05, 3.63) is 48.3 Å². The maximum absolute atomic E-state index is 12.9. The normalized spacial score (nSPS) is 19.6. The average molecular weight is 404 g/mol. The molecule has 28 heavy (non-hydrogen) atoms. The Kier molecular flexibility index (Phi) is 5.86. The molecule has 0 amide bonds.